The van der Waals surface area contributed by atoms with Crippen molar-refractivity contribution in [3.8, 4) is 17.2 Å². The summed E-state index contributed by atoms with van der Waals surface area (Å²) in [5.41, 5.74) is 1.81. The predicted octanol–water partition coefficient (Wildman–Crippen LogP) is 2.98. The van der Waals surface area contributed by atoms with E-state index in [1.54, 1.807) is 4.90 Å². The predicted molar refractivity (Wildman–Crippen MR) is 116 cm³/mol. The summed E-state index contributed by atoms with van der Waals surface area (Å²) < 4.78 is 11.4. The number of rotatable bonds is 8. The second kappa shape index (κ2) is 10.9. The van der Waals surface area contributed by atoms with Crippen LogP contribution in [-0.2, 0) is 11.3 Å². The van der Waals surface area contributed by atoms with Gasteiger partial charge in [-0.1, -0.05) is 30.3 Å². The summed E-state index contributed by atoms with van der Waals surface area (Å²) in [6.07, 6.45) is 0. The summed E-state index contributed by atoms with van der Waals surface area (Å²) >= 11 is 7.79. The Morgan fingerprint density at radius 2 is 1.46 bits per heavy atom. The second-order valence-electron chi connectivity index (χ2n) is 5.80. The molecule has 0 bridgehead atoms. The topological polar surface area (TPSA) is 38.8 Å². The van der Waals surface area contributed by atoms with E-state index in [-0.39, 0.29) is 29.4 Å². The number of carbonyl (C=O) groups excluding carboxylic acids is 1. The van der Waals surface area contributed by atoms with Crippen molar-refractivity contribution in [2.24, 2.45) is 0 Å². The van der Waals surface area contributed by atoms with Crippen molar-refractivity contribution in [1.82, 2.24) is 0 Å². The molecule has 0 aliphatic rings. The molecule has 0 aromatic heterocycles. The monoisotopic (exact) mass is 620 g/mol. The van der Waals surface area contributed by atoms with Crippen LogP contribution in [0.5, 0.6) is 17.2 Å². The first-order valence-corrected chi connectivity index (χ1v) is 16.1. The number of carbonyl (C=O) groups is 1. The van der Waals surface area contributed by atoms with Gasteiger partial charge in [0.1, 0.15) is 5.88 Å². The van der Waals surface area contributed by atoms with E-state index < -0.39 is 0 Å². The van der Waals surface area contributed by atoms with Gasteiger partial charge in [0.05, 0.1) is 0 Å². The van der Waals surface area contributed by atoms with Gasteiger partial charge in [-0.3, -0.25) is 4.79 Å². The molecule has 146 valence electrons. The Bertz CT molecular complexity index is 890. The standard InChI is InChI=1S/C21H17ClI2NO3/c22-14-21(26)25(15-16-4-2-1-3-5-16)17-6-8-18(9-7-17)27-19-10-12-20(13-11-19)28-24-23/h1-13H,14-15H2/q-1. The van der Waals surface area contributed by atoms with Gasteiger partial charge in [-0.15, -0.1) is 11.6 Å². The molecule has 0 atom stereocenters. The van der Waals surface area contributed by atoms with Crippen molar-refractivity contribution >= 4 is 41.8 Å². The minimum atomic E-state index is -0.279. The number of hydrogen-bond acceptors (Lipinski definition) is 3. The van der Waals surface area contributed by atoms with Crippen molar-refractivity contribution in [2.75, 3.05) is 10.8 Å². The van der Waals surface area contributed by atoms with E-state index in [1.165, 1.54) is 0 Å². The summed E-state index contributed by atoms with van der Waals surface area (Å²) in [5, 5.41) is 0. The van der Waals surface area contributed by atoms with Crippen LogP contribution in [0.2, 0.25) is 0 Å². The number of amides is 1. The zero-order valence-corrected chi connectivity index (χ0v) is 19.8. The van der Waals surface area contributed by atoms with Gasteiger partial charge in [0.25, 0.3) is 0 Å². The van der Waals surface area contributed by atoms with Gasteiger partial charge in [0, 0.05) is 0 Å². The van der Waals surface area contributed by atoms with E-state index in [2.05, 4.69) is 18.6 Å². The van der Waals surface area contributed by atoms with Crippen LogP contribution in [0.3, 0.4) is 0 Å². The Hall–Kier alpha value is -1.52. The van der Waals surface area contributed by atoms with E-state index in [9.17, 15) is 4.79 Å². The number of halogens is 3. The SMILES string of the molecule is O=C(CCl)N(Cc1ccccc1)c1ccc(Oc2ccc(O[I-]I)cc2)cc1. The number of anilines is 1. The minimum absolute atomic E-state index is 0.0704. The van der Waals surface area contributed by atoms with Gasteiger partial charge in [0.15, 0.2) is 0 Å². The number of ether oxygens (including phenoxy) is 1. The van der Waals surface area contributed by atoms with Crippen LogP contribution in [0.25, 0.3) is 0 Å². The Kier molecular flexibility index (Phi) is 8.23. The molecule has 4 nitrogen and oxygen atoms in total. The van der Waals surface area contributed by atoms with Gasteiger partial charge >= 0.3 is 133 Å². The molecule has 3 aromatic rings. The Balaban J connectivity index is 1.72. The van der Waals surface area contributed by atoms with Crippen LogP contribution in [0.15, 0.2) is 78.9 Å². The number of nitrogens with zero attached hydrogens (tertiary/aromatic N) is 1. The zero-order chi connectivity index (χ0) is 19.8. The van der Waals surface area contributed by atoms with Crippen molar-refractivity contribution in [1.29, 1.82) is 0 Å². The second-order valence-corrected chi connectivity index (χ2v) is 9.08. The normalized spacial score (nSPS) is 10.5. The van der Waals surface area contributed by atoms with Crippen molar-refractivity contribution in [3.63, 3.8) is 0 Å². The molecule has 0 aliphatic carbocycles. The maximum atomic E-state index is 12.3. The molecule has 1 amide bonds. The molecule has 0 radical (unpaired) electrons. The van der Waals surface area contributed by atoms with E-state index in [0.717, 1.165) is 22.7 Å². The number of alkyl halides is 1. The molecule has 0 spiro atoms. The van der Waals surface area contributed by atoms with Crippen LogP contribution in [-0.4, -0.2) is 11.8 Å². The van der Waals surface area contributed by atoms with Crippen LogP contribution in [0.4, 0.5) is 5.69 Å². The van der Waals surface area contributed by atoms with Gasteiger partial charge < -0.3 is 0 Å². The fourth-order valence-electron chi connectivity index (χ4n) is 2.58. The summed E-state index contributed by atoms with van der Waals surface area (Å²) in [4.78, 5) is 14.0. The third-order valence-electron chi connectivity index (χ3n) is 3.92. The first-order chi connectivity index (χ1) is 13.7. The molecule has 0 saturated carbocycles. The van der Waals surface area contributed by atoms with Crippen molar-refractivity contribution in [3.05, 3.63) is 84.4 Å². The summed E-state index contributed by atoms with van der Waals surface area (Å²) in [6, 6.07) is 24.8. The molecule has 0 fully saturated rings. The first kappa shape index (κ1) is 21.2. The third-order valence-corrected chi connectivity index (χ3v) is 5.95. The molecule has 0 N–H and O–H groups in total. The van der Waals surface area contributed by atoms with Gasteiger partial charge in [-0.2, -0.15) is 0 Å². The van der Waals surface area contributed by atoms with Gasteiger partial charge in [-0.05, 0) is 5.56 Å². The number of hydrogen-bond donors (Lipinski definition) is 0. The van der Waals surface area contributed by atoms with E-state index in [0.29, 0.717) is 12.3 Å². The van der Waals surface area contributed by atoms with Crippen LogP contribution >= 0.6 is 30.2 Å². The fourth-order valence-corrected chi connectivity index (χ4v) is 4.50. The molecular weight excluding hydrogens is 603 g/mol. The zero-order valence-electron chi connectivity index (χ0n) is 14.7. The summed E-state index contributed by atoms with van der Waals surface area (Å²) in [7, 11) is 0. The average Bonchev–Trinajstić information content (AvgIpc) is 2.74. The molecule has 7 heteroatoms. The van der Waals surface area contributed by atoms with E-state index in [4.69, 9.17) is 19.4 Å². The quantitative estimate of drug-likeness (QED) is 0.287. The molecule has 0 heterocycles. The van der Waals surface area contributed by atoms with E-state index >= 15 is 0 Å². The maximum absolute atomic E-state index is 12.3. The number of benzene rings is 3. The first-order valence-electron chi connectivity index (χ1n) is 8.40. The van der Waals surface area contributed by atoms with Crippen LogP contribution in [0.1, 0.15) is 5.56 Å². The Labute approximate surface area is 189 Å². The summed E-state index contributed by atoms with van der Waals surface area (Å²) in [5.74, 6) is 2.05. The summed E-state index contributed by atoms with van der Waals surface area (Å²) in [6.45, 7) is 0.466. The van der Waals surface area contributed by atoms with Crippen molar-refractivity contribution < 1.29 is 30.2 Å². The Morgan fingerprint density at radius 1 is 0.893 bits per heavy atom. The van der Waals surface area contributed by atoms with Crippen molar-refractivity contribution in [2.45, 2.75) is 6.54 Å². The third kappa shape index (κ3) is 5.99. The molecule has 3 aromatic carbocycles. The van der Waals surface area contributed by atoms with Gasteiger partial charge in [0.2, 0.25) is 0 Å². The van der Waals surface area contributed by atoms with Gasteiger partial charge in [-0.25, -0.2) is 0 Å². The molecule has 0 saturated heterocycles. The fraction of sp³-hybridized carbons (Fsp3) is 0.0952. The molecule has 3 rings (SSSR count). The molecule has 28 heavy (non-hydrogen) atoms. The van der Waals surface area contributed by atoms with E-state index in [1.807, 2.05) is 78.9 Å². The molecular formula is C21H17ClI2NO3-. The molecule has 0 aliphatic heterocycles. The molecule has 0 unspecified atom stereocenters. The van der Waals surface area contributed by atoms with Crippen LogP contribution in [0, 0.1) is 0 Å². The average molecular weight is 621 g/mol. The van der Waals surface area contributed by atoms with Crippen LogP contribution < -0.4 is 30.3 Å². The Morgan fingerprint density at radius 3 is 2.04 bits per heavy atom.